The van der Waals surface area contributed by atoms with Crippen molar-refractivity contribution in [3.8, 4) is 0 Å². The zero-order valence-electron chi connectivity index (χ0n) is 14.5. The molecule has 1 saturated carbocycles. The molecule has 0 atom stereocenters. The van der Waals surface area contributed by atoms with Gasteiger partial charge in [0.1, 0.15) is 0 Å². The maximum Gasteiger partial charge on any atom is 0.224 e. The number of amides is 1. The third kappa shape index (κ3) is 3.71. The maximum atomic E-state index is 12.4. The summed E-state index contributed by atoms with van der Waals surface area (Å²) in [5.74, 6) is 0.160. The summed E-state index contributed by atoms with van der Waals surface area (Å²) < 4.78 is 12.6. The van der Waals surface area contributed by atoms with Crippen LogP contribution in [0.3, 0.4) is 0 Å². The minimum Gasteiger partial charge on any atom is -0.348 e. The Morgan fingerprint density at radius 1 is 1.32 bits per heavy atom. The lowest BCUT2D eigenvalue weighted by atomic mass is 9.83. The molecule has 2 fully saturated rings. The highest BCUT2D eigenvalue weighted by molar-refractivity contribution is 7.18. The van der Waals surface area contributed by atoms with Gasteiger partial charge in [0.15, 0.2) is 5.79 Å². The van der Waals surface area contributed by atoms with Gasteiger partial charge in [0.05, 0.1) is 28.4 Å². The van der Waals surface area contributed by atoms with E-state index in [1.165, 1.54) is 0 Å². The minimum absolute atomic E-state index is 0.0915. The van der Waals surface area contributed by atoms with Crippen LogP contribution < -0.4 is 5.32 Å². The quantitative estimate of drug-likeness (QED) is 0.891. The topological polar surface area (TPSA) is 60.5 Å². The highest BCUT2D eigenvalue weighted by atomic mass is 32.1. The summed E-state index contributed by atoms with van der Waals surface area (Å²) in [6, 6.07) is 5.95. The Kier molecular flexibility index (Phi) is 4.75. The Morgan fingerprint density at radius 2 is 2.08 bits per heavy atom. The summed E-state index contributed by atoms with van der Waals surface area (Å²) in [7, 11) is 0. The van der Waals surface area contributed by atoms with E-state index in [4.69, 9.17) is 9.47 Å². The lowest BCUT2D eigenvalue weighted by Gasteiger charge is -2.35. The molecule has 1 saturated heterocycles. The molecule has 0 bridgehead atoms. The third-order valence-corrected chi connectivity index (χ3v) is 6.34. The van der Waals surface area contributed by atoms with Crippen molar-refractivity contribution in [2.24, 2.45) is 5.92 Å². The van der Waals surface area contributed by atoms with Crippen molar-refractivity contribution < 1.29 is 14.3 Å². The summed E-state index contributed by atoms with van der Waals surface area (Å²) >= 11 is 1.69. The average molecular weight is 360 g/mol. The van der Waals surface area contributed by atoms with E-state index in [1.54, 1.807) is 11.3 Å². The number of aryl methyl sites for hydroxylation is 1. The van der Waals surface area contributed by atoms with E-state index < -0.39 is 0 Å². The smallest absolute Gasteiger partial charge is 0.224 e. The number of ether oxygens (including phenoxy) is 2. The fourth-order valence-electron chi connectivity index (χ4n) is 3.78. The molecule has 1 spiro atoms. The highest BCUT2D eigenvalue weighted by Gasteiger charge is 2.40. The Hall–Kier alpha value is -1.50. The van der Waals surface area contributed by atoms with E-state index in [0.717, 1.165) is 53.0 Å². The molecule has 4 rings (SSSR count). The van der Waals surface area contributed by atoms with Gasteiger partial charge in [0, 0.05) is 24.9 Å². The number of fused-ring (bicyclic) bond motifs is 1. The van der Waals surface area contributed by atoms with Crippen LogP contribution in [-0.4, -0.2) is 29.9 Å². The van der Waals surface area contributed by atoms with Gasteiger partial charge < -0.3 is 14.8 Å². The standard InChI is InChI=1S/C19H24N2O3S/c1-2-18-21-15-4-3-14(12-16(15)25-18)20-17(22)11-13-5-7-19(8-6-13)23-9-10-24-19/h3-4,12-13H,2,5-11H2,1H3,(H,20,22). The van der Waals surface area contributed by atoms with E-state index in [9.17, 15) is 4.79 Å². The molecule has 134 valence electrons. The van der Waals surface area contributed by atoms with Crippen LogP contribution in [0.15, 0.2) is 18.2 Å². The number of nitrogens with zero attached hydrogens (tertiary/aromatic N) is 1. The van der Waals surface area contributed by atoms with E-state index >= 15 is 0 Å². The molecule has 0 unspecified atom stereocenters. The van der Waals surface area contributed by atoms with Crippen LogP contribution >= 0.6 is 11.3 Å². The molecular weight excluding hydrogens is 336 g/mol. The molecule has 2 aromatic rings. The second kappa shape index (κ2) is 7.02. The predicted octanol–water partition coefficient (Wildman–Crippen LogP) is 4.12. The van der Waals surface area contributed by atoms with Gasteiger partial charge in [0.25, 0.3) is 0 Å². The van der Waals surface area contributed by atoms with Crippen LogP contribution in [0.2, 0.25) is 0 Å². The van der Waals surface area contributed by atoms with E-state index in [1.807, 2.05) is 18.2 Å². The van der Waals surface area contributed by atoms with Crippen molar-refractivity contribution in [3.63, 3.8) is 0 Å². The van der Waals surface area contributed by atoms with Gasteiger partial charge in [0.2, 0.25) is 5.91 Å². The zero-order valence-corrected chi connectivity index (χ0v) is 15.4. The monoisotopic (exact) mass is 360 g/mol. The molecule has 0 radical (unpaired) electrons. The van der Waals surface area contributed by atoms with Crippen molar-refractivity contribution in [2.45, 2.75) is 51.2 Å². The molecule has 1 aromatic carbocycles. The summed E-state index contributed by atoms with van der Waals surface area (Å²) in [6.45, 7) is 3.51. The Labute approximate surface area is 151 Å². The minimum atomic E-state index is -0.346. The molecule has 5 nitrogen and oxygen atoms in total. The number of aromatic nitrogens is 1. The fraction of sp³-hybridized carbons (Fsp3) is 0.579. The van der Waals surface area contributed by atoms with Crippen LogP contribution in [0.5, 0.6) is 0 Å². The molecule has 1 aromatic heterocycles. The van der Waals surface area contributed by atoms with Crippen LogP contribution in [-0.2, 0) is 20.7 Å². The SMILES string of the molecule is CCc1nc2ccc(NC(=O)CC3CCC4(CC3)OCCO4)cc2s1. The van der Waals surface area contributed by atoms with E-state index in [2.05, 4.69) is 17.2 Å². The molecule has 25 heavy (non-hydrogen) atoms. The first kappa shape index (κ1) is 16.9. The lowest BCUT2D eigenvalue weighted by Crippen LogP contribution is -2.36. The average Bonchev–Trinajstić information content (AvgIpc) is 3.23. The van der Waals surface area contributed by atoms with E-state index in [-0.39, 0.29) is 11.7 Å². The van der Waals surface area contributed by atoms with Crippen molar-refractivity contribution in [3.05, 3.63) is 23.2 Å². The van der Waals surface area contributed by atoms with Gasteiger partial charge in [-0.2, -0.15) is 0 Å². The number of hydrogen-bond donors (Lipinski definition) is 1. The van der Waals surface area contributed by atoms with Gasteiger partial charge in [-0.15, -0.1) is 11.3 Å². The normalized spacial score (nSPS) is 20.4. The number of carbonyl (C=O) groups excluding carboxylic acids is 1. The number of anilines is 1. The van der Waals surface area contributed by atoms with Gasteiger partial charge >= 0.3 is 0 Å². The maximum absolute atomic E-state index is 12.4. The number of thiazole rings is 1. The number of carbonyl (C=O) groups is 1. The zero-order chi connectivity index (χ0) is 17.3. The molecule has 2 aliphatic rings. The summed E-state index contributed by atoms with van der Waals surface area (Å²) in [5, 5.41) is 4.18. The van der Waals surface area contributed by atoms with Gasteiger partial charge in [-0.05, 0) is 43.4 Å². The summed E-state index contributed by atoms with van der Waals surface area (Å²) in [4.78, 5) is 17.0. The van der Waals surface area contributed by atoms with Crippen LogP contribution in [0.25, 0.3) is 10.2 Å². The highest BCUT2D eigenvalue weighted by Crippen LogP contribution is 2.39. The number of nitrogens with one attached hydrogen (secondary N) is 1. The summed E-state index contributed by atoms with van der Waals surface area (Å²) in [6.07, 6.45) is 5.28. The number of benzene rings is 1. The molecule has 1 aliphatic carbocycles. The van der Waals surface area contributed by atoms with Crippen molar-refractivity contribution in [1.29, 1.82) is 0 Å². The molecule has 2 heterocycles. The predicted molar refractivity (Wildman–Crippen MR) is 98.8 cm³/mol. The Bertz CT molecular complexity index is 757. The first-order chi connectivity index (χ1) is 12.2. The number of rotatable bonds is 4. The van der Waals surface area contributed by atoms with Gasteiger partial charge in [-0.25, -0.2) is 4.98 Å². The van der Waals surface area contributed by atoms with Gasteiger partial charge in [-0.3, -0.25) is 4.79 Å². The van der Waals surface area contributed by atoms with Crippen molar-refractivity contribution >= 4 is 33.1 Å². The molecule has 6 heteroatoms. The molecule has 1 aliphatic heterocycles. The Morgan fingerprint density at radius 3 is 2.80 bits per heavy atom. The molecule has 1 N–H and O–H groups in total. The second-order valence-electron chi connectivity index (χ2n) is 6.95. The first-order valence-electron chi connectivity index (χ1n) is 9.13. The van der Waals surface area contributed by atoms with Crippen LogP contribution in [0.1, 0.15) is 44.0 Å². The van der Waals surface area contributed by atoms with Crippen molar-refractivity contribution in [1.82, 2.24) is 4.98 Å². The lowest BCUT2D eigenvalue weighted by molar-refractivity contribution is -0.183. The molecule has 1 amide bonds. The second-order valence-corrected chi connectivity index (χ2v) is 8.06. The van der Waals surface area contributed by atoms with Crippen molar-refractivity contribution in [2.75, 3.05) is 18.5 Å². The fourth-order valence-corrected chi connectivity index (χ4v) is 4.73. The molecular formula is C19H24N2O3S. The number of hydrogen-bond acceptors (Lipinski definition) is 5. The van der Waals surface area contributed by atoms with Crippen LogP contribution in [0.4, 0.5) is 5.69 Å². The van der Waals surface area contributed by atoms with Crippen LogP contribution in [0, 0.1) is 5.92 Å². The Balaban J connectivity index is 1.33. The summed E-state index contributed by atoms with van der Waals surface area (Å²) in [5.41, 5.74) is 1.87. The largest absolute Gasteiger partial charge is 0.348 e. The third-order valence-electron chi connectivity index (χ3n) is 5.17. The van der Waals surface area contributed by atoms with Gasteiger partial charge in [-0.1, -0.05) is 6.92 Å². The first-order valence-corrected chi connectivity index (χ1v) is 9.95. The van der Waals surface area contributed by atoms with E-state index in [0.29, 0.717) is 25.6 Å².